The summed E-state index contributed by atoms with van der Waals surface area (Å²) >= 11 is 0. The minimum Gasteiger partial charge on any atom is -0.330 e. The summed E-state index contributed by atoms with van der Waals surface area (Å²) in [5, 5.41) is 0. The third kappa shape index (κ3) is 3.30. The van der Waals surface area contributed by atoms with Crippen LogP contribution in [0.4, 0.5) is 0 Å². The van der Waals surface area contributed by atoms with E-state index in [4.69, 9.17) is 5.73 Å². The Labute approximate surface area is 96.9 Å². The van der Waals surface area contributed by atoms with E-state index in [9.17, 15) is 8.42 Å². The third-order valence-corrected chi connectivity index (χ3v) is 3.92. The summed E-state index contributed by atoms with van der Waals surface area (Å²) in [5.74, 6) is 0. The van der Waals surface area contributed by atoms with Gasteiger partial charge in [0.15, 0.2) is 0 Å². The first kappa shape index (κ1) is 13.2. The maximum atomic E-state index is 11.8. The van der Waals surface area contributed by atoms with Crippen LogP contribution in [0.3, 0.4) is 0 Å². The van der Waals surface area contributed by atoms with Crippen molar-refractivity contribution in [2.24, 2.45) is 5.73 Å². The molecule has 0 unspecified atom stereocenters. The number of sulfonamides is 1. The van der Waals surface area contributed by atoms with Gasteiger partial charge in [0, 0.05) is 6.54 Å². The Morgan fingerprint density at radius 1 is 1.25 bits per heavy atom. The van der Waals surface area contributed by atoms with E-state index in [1.54, 1.807) is 12.1 Å². The van der Waals surface area contributed by atoms with Gasteiger partial charge in [0.05, 0.1) is 4.90 Å². The molecule has 0 amide bonds. The van der Waals surface area contributed by atoms with Crippen molar-refractivity contribution in [1.82, 2.24) is 4.72 Å². The largest absolute Gasteiger partial charge is 0.330 e. The Morgan fingerprint density at radius 2 is 1.94 bits per heavy atom. The first-order valence-electron chi connectivity index (χ1n) is 5.24. The minimum absolute atomic E-state index is 0.313. The standard InChI is InChI=1S/C11H18N2O2S/c1-9-4-5-11(8-10(9)2)16(14,15)13-7-3-6-12/h4-5,8,13H,3,6-7,12H2,1-2H3. The molecule has 0 aromatic heterocycles. The van der Waals surface area contributed by atoms with Crippen molar-refractivity contribution in [2.45, 2.75) is 25.2 Å². The average Bonchev–Trinajstić information content (AvgIpc) is 2.22. The molecule has 1 rings (SSSR count). The van der Waals surface area contributed by atoms with Gasteiger partial charge in [0.1, 0.15) is 0 Å². The summed E-state index contributed by atoms with van der Waals surface area (Å²) < 4.78 is 26.2. The number of benzene rings is 1. The van der Waals surface area contributed by atoms with E-state index >= 15 is 0 Å². The van der Waals surface area contributed by atoms with E-state index in [0.717, 1.165) is 11.1 Å². The average molecular weight is 242 g/mol. The number of hydrogen-bond donors (Lipinski definition) is 2. The zero-order chi connectivity index (χ0) is 12.2. The molecule has 0 atom stereocenters. The Hall–Kier alpha value is -0.910. The van der Waals surface area contributed by atoms with E-state index < -0.39 is 10.0 Å². The van der Waals surface area contributed by atoms with Crippen LogP contribution in [-0.4, -0.2) is 21.5 Å². The molecule has 1 aromatic carbocycles. The Bertz CT molecular complexity index is 455. The van der Waals surface area contributed by atoms with Gasteiger partial charge in [-0.2, -0.15) is 0 Å². The highest BCUT2D eigenvalue weighted by molar-refractivity contribution is 7.89. The number of rotatable bonds is 5. The molecule has 0 radical (unpaired) electrons. The second kappa shape index (κ2) is 5.43. The topological polar surface area (TPSA) is 72.2 Å². The highest BCUT2D eigenvalue weighted by Gasteiger charge is 2.13. The lowest BCUT2D eigenvalue weighted by Crippen LogP contribution is -2.26. The van der Waals surface area contributed by atoms with Crippen molar-refractivity contribution < 1.29 is 8.42 Å². The van der Waals surface area contributed by atoms with Gasteiger partial charge in [-0.1, -0.05) is 6.07 Å². The van der Waals surface area contributed by atoms with Crippen LogP contribution in [0.5, 0.6) is 0 Å². The van der Waals surface area contributed by atoms with E-state index in [0.29, 0.717) is 24.4 Å². The van der Waals surface area contributed by atoms with Crippen LogP contribution in [0.1, 0.15) is 17.5 Å². The van der Waals surface area contributed by atoms with Crippen LogP contribution in [-0.2, 0) is 10.0 Å². The molecule has 1 aromatic rings. The normalized spacial score (nSPS) is 11.7. The third-order valence-electron chi connectivity index (χ3n) is 2.46. The van der Waals surface area contributed by atoms with E-state index in [2.05, 4.69) is 4.72 Å². The molecule has 0 heterocycles. The summed E-state index contributed by atoms with van der Waals surface area (Å²) in [5.41, 5.74) is 7.36. The molecule has 0 fully saturated rings. The summed E-state index contributed by atoms with van der Waals surface area (Å²) in [6.07, 6.45) is 0.643. The molecule has 3 N–H and O–H groups in total. The van der Waals surface area contributed by atoms with Gasteiger partial charge < -0.3 is 5.73 Å². The predicted molar refractivity (Wildman–Crippen MR) is 64.8 cm³/mol. The van der Waals surface area contributed by atoms with Crippen LogP contribution >= 0.6 is 0 Å². The lowest BCUT2D eigenvalue weighted by Gasteiger charge is -2.08. The second-order valence-electron chi connectivity index (χ2n) is 3.79. The first-order chi connectivity index (χ1) is 7.47. The molecule has 4 nitrogen and oxygen atoms in total. The van der Waals surface area contributed by atoms with Crippen LogP contribution < -0.4 is 10.5 Å². The number of nitrogens with two attached hydrogens (primary N) is 1. The van der Waals surface area contributed by atoms with Crippen molar-refractivity contribution in [2.75, 3.05) is 13.1 Å². The molecule has 0 aliphatic heterocycles. The maximum absolute atomic E-state index is 11.8. The molecular formula is C11H18N2O2S. The van der Waals surface area contributed by atoms with Crippen LogP contribution in [0.25, 0.3) is 0 Å². The van der Waals surface area contributed by atoms with Crippen molar-refractivity contribution in [3.63, 3.8) is 0 Å². The van der Waals surface area contributed by atoms with Crippen LogP contribution in [0.2, 0.25) is 0 Å². The minimum atomic E-state index is -3.38. The summed E-state index contributed by atoms with van der Waals surface area (Å²) in [6, 6.07) is 5.11. The van der Waals surface area contributed by atoms with Crippen molar-refractivity contribution in [3.8, 4) is 0 Å². The van der Waals surface area contributed by atoms with E-state index in [-0.39, 0.29) is 0 Å². The zero-order valence-electron chi connectivity index (χ0n) is 9.66. The molecule has 90 valence electrons. The monoisotopic (exact) mass is 242 g/mol. The SMILES string of the molecule is Cc1ccc(S(=O)(=O)NCCCN)cc1C. The van der Waals surface area contributed by atoms with Gasteiger partial charge in [0.2, 0.25) is 10.0 Å². The zero-order valence-corrected chi connectivity index (χ0v) is 10.5. The summed E-state index contributed by atoms with van der Waals surface area (Å²) in [6.45, 7) is 4.71. The molecular weight excluding hydrogens is 224 g/mol. The lowest BCUT2D eigenvalue weighted by atomic mass is 10.1. The van der Waals surface area contributed by atoms with Crippen molar-refractivity contribution in [3.05, 3.63) is 29.3 Å². The Morgan fingerprint density at radius 3 is 2.50 bits per heavy atom. The number of hydrogen-bond acceptors (Lipinski definition) is 3. The van der Waals surface area contributed by atoms with Gasteiger partial charge in [-0.25, -0.2) is 13.1 Å². The fourth-order valence-electron chi connectivity index (χ4n) is 1.27. The number of aryl methyl sites for hydroxylation is 2. The van der Waals surface area contributed by atoms with E-state index in [1.807, 2.05) is 19.9 Å². The molecule has 0 aliphatic rings. The van der Waals surface area contributed by atoms with Gasteiger partial charge in [-0.15, -0.1) is 0 Å². The molecule has 0 bridgehead atoms. The van der Waals surface area contributed by atoms with Gasteiger partial charge in [-0.05, 0) is 50.1 Å². The lowest BCUT2D eigenvalue weighted by molar-refractivity contribution is 0.579. The Balaban J connectivity index is 2.86. The van der Waals surface area contributed by atoms with Gasteiger partial charge in [0.25, 0.3) is 0 Å². The van der Waals surface area contributed by atoms with Crippen molar-refractivity contribution >= 4 is 10.0 Å². The molecule has 0 spiro atoms. The molecule has 0 saturated heterocycles. The highest BCUT2D eigenvalue weighted by atomic mass is 32.2. The number of nitrogens with one attached hydrogen (secondary N) is 1. The molecule has 16 heavy (non-hydrogen) atoms. The van der Waals surface area contributed by atoms with E-state index in [1.165, 1.54) is 0 Å². The maximum Gasteiger partial charge on any atom is 0.240 e. The van der Waals surface area contributed by atoms with Crippen molar-refractivity contribution in [1.29, 1.82) is 0 Å². The fraction of sp³-hybridized carbons (Fsp3) is 0.455. The van der Waals surface area contributed by atoms with Crippen LogP contribution in [0, 0.1) is 13.8 Å². The molecule has 0 saturated carbocycles. The quantitative estimate of drug-likeness (QED) is 0.754. The summed E-state index contributed by atoms with van der Waals surface area (Å²) in [7, 11) is -3.38. The second-order valence-corrected chi connectivity index (χ2v) is 5.55. The van der Waals surface area contributed by atoms with Gasteiger partial charge >= 0.3 is 0 Å². The Kier molecular flexibility index (Phi) is 4.46. The summed E-state index contributed by atoms with van der Waals surface area (Å²) in [4.78, 5) is 0.313. The fourth-order valence-corrected chi connectivity index (χ4v) is 2.43. The first-order valence-corrected chi connectivity index (χ1v) is 6.72. The highest BCUT2D eigenvalue weighted by Crippen LogP contribution is 2.14. The molecule has 0 aliphatic carbocycles. The van der Waals surface area contributed by atoms with Gasteiger partial charge in [-0.3, -0.25) is 0 Å². The predicted octanol–water partition coefficient (Wildman–Crippen LogP) is 0.931. The smallest absolute Gasteiger partial charge is 0.240 e. The van der Waals surface area contributed by atoms with Crippen LogP contribution in [0.15, 0.2) is 23.1 Å². The molecule has 5 heteroatoms.